The highest BCUT2D eigenvalue weighted by atomic mass is 32.1. The number of rotatable bonds is 4. The normalized spacial score (nSPS) is 22.3. The van der Waals surface area contributed by atoms with Crippen LogP contribution in [0, 0.1) is 0 Å². The Kier molecular flexibility index (Phi) is 4.98. The van der Waals surface area contributed by atoms with Crippen LogP contribution in [0.5, 0.6) is 0 Å². The molecule has 1 rings (SSSR count). The summed E-state index contributed by atoms with van der Waals surface area (Å²) in [4.78, 5) is 14.0. The zero-order chi connectivity index (χ0) is 11.3. The Labute approximate surface area is 96.2 Å². The van der Waals surface area contributed by atoms with Crippen molar-refractivity contribution >= 4 is 23.1 Å². The number of hydrogen-bond donors (Lipinski definition) is 2. The minimum Gasteiger partial charge on any atom is -0.392 e. The highest BCUT2D eigenvalue weighted by molar-refractivity contribution is 7.80. The van der Waals surface area contributed by atoms with Crippen molar-refractivity contribution in [2.24, 2.45) is 5.73 Å². The molecular weight excluding hydrogens is 210 g/mol. The molecule has 0 bridgehead atoms. The van der Waals surface area contributed by atoms with E-state index in [1.165, 1.54) is 0 Å². The van der Waals surface area contributed by atoms with Crippen molar-refractivity contribution in [3.8, 4) is 0 Å². The number of nitrogens with one attached hydrogen (secondary N) is 1. The standard InChI is InChI=1S/C10H19N3OS/c1-2-12-9(14)7-13-6-4-3-5-8(13)10(11)15/h8H,2-7H2,1H3,(H2,11,15)(H,12,14). The minimum absolute atomic E-state index is 0.0562. The van der Waals surface area contributed by atoms with Crippen LogP contribution in [-0.4, -0.2) is 41.5 Å². The summed E-state index contributed by atoms with van der Waals surface area (Å²) < 4.78 is 0. The van der Waals surface area contributed by atoms with Crippen molar-refractivity contribution in [2.75, 3.05) is 19.6 Å². The lowest BCUT2D eigenvalue weighted by Gasteiger charge is -2.34. The van der Waals surface area contributed by atoms with Gasteiger partial charge in [-0.2, -0.15) is 0 Å². The van der Waals surface area contributed by atoms with Crippen LogP contribution >= 0.6 is 12.2 Å². The number of carbonyl (C=O) groups excluding carboxylic acids is 1. The molecule has 3 N–H and O–H groups in total. The molecule has 1 aliphatic rings. The van der Waals surface area contributed by atoms with Crippen molar-refractivity contribution in [1.29, 1.82) is 0 Å². The van der Waals surface area contributed by atoms with Crippen LogP contribution in [0.25, 0.3) is 0 Å². The van der Waals surface area contributed by atoms with Gasteiger partial charge in [-0.15, -0.1) is 0 Å². The second kappa shape index (κ2) is 6.02. The number of nitrogens with two attached hydrogens (primary N) is 1. The van der Waals surface area contributed by atoms with Gasteiger partial charge in [-0.1, -0.05) is 18.6 Å². The van der Waals surface area contributed by atoms with Crippen LogP contribution in [0.2, 0.25) is 0 Å². The summed E-state index contributed by atoms with van der Waals surface area (Å²) in [6.45, 7) is 3.92. The third kappa shape index (κ3) is 3.76. The van der Waals surface area contributed by atoms with Crippen molar-refractivity contribution in [2.45, 2.75) is 32.2 Å². The molecule has 0 saturated carbocycles. The Morgan fingerprint density at radius 2 is 2.33 bits per heavy atom. The van der Waals surface area contributed by atoms with Gasteiger partial charge in [0.05, 0.1) is 17.6 Å². The Balaban J connectivity index is 2.49. The van der Waals surface area contributed by atoms with Crippen LogP contribution in [-0.2, 0) is 4.79 Å². The molecule has 5 heteroatoms. The van der Waals surface area contributed by atoms with Crippen molar-refractivity contribution in [1.82, 2.24) is 10.2 Å². The molecule has 0 aliphatic carbocycles. The fourth-order valence-electron chi connectivity index (χ4n) is 1.94. The lowest BCUT2D eigenvalue weighted by molar-refractivity contribution is -0.122. The van der Waals surface area contributed by atoms with Gasteiger partial charge >= 0.3 is 0 Å². The van der Waals surface area contributed by atoms with E-state index in [1.807, 2.05) is 6.92 Å². The first-order valence-corrected chi connectivity index (χ1v) is 5.86. The molecule has 1 aliphatic heterocycles. The Morgan fingerprint density at radius 3 is 2.93 bits per heavy atom. The van der Waals surface area contributed by atoms with E-state index < -0.39 is 0 Å². The molecule has 0 aromatic heterocycles. The van der Waals surface area contributed by atoms with Gasteiger partial charge in [0.25, 0.3) is 0 Å². The topological polar surface area (TPSA) is 58.4 Å². The summed E-state index contributed by atoms with van der Waals surface area (Å²) in [6.07, 6.45) is 3.25. The minimum atomic E-state index is 0.0562. The average molecular weight is 229 g/mol. The maximum absolute atomic E-state index is 11.4. The first-order chi connectivity index (χ1) is 7.15. The van der Waals surface area contributed by atoms with Crippen LogP contribution in [0.3, 0.4) is 0 Å². The highest BCUT2D eigenvalue weighted by Crippen LogP contribution is 2.16. The van der Waals surface area contributed by atoms with E-state index >= 15 is 0 Å². The van der Waals surface area contributed by atoms with E-state index in [4.69, 9.17) is 18.0 Å². The number of piperidine rings is 1. The van der Waals surface area contributed by atoms with Gasteiger partial charge in [0.15, 0.2) is 0 Å². The predicted molar refractivity (Wildman–Crippen MR) is 64.7 cm³/mol. The fraction of sp³-hybridized carbons (Fsp3) is 0.800. The summed E-state index contributed by atoms with van der Waals surface area (Å²) in [6, 6.07) is 0.108. The first-order valence-electron chi connectivity index (χ1n) is 5.45. The summed E-state index contributed by atoms with van der Waals surface area (Å²) in [7, 11) is 0. The molecule has 1 fully saturated rings. The Bertz CT molecular complexity index is 245. The summed E-state index contributed by atoms with van der Waals surface area (Å²) >= 11 is 5.01. The largest absolute Gasteiger partial charge is 0.392 e. The second-order valence-corrected chi connectivity index (χ2v) is 4.31. The third-order valence-electron chi connectivity index (χ3n) is 2.66. The average Bonchev–Trinajstić information content (AvgIpc) is 2.18. The van der Waals surface area contributed by atoms with Crippen LogP contribution < -0.4 is 11.1 Å². The van der Waals surface area contributed by atoms with Crippen molar-refractivity contribution < 1.29 is 4.79 Å². The molecule has 0 aromatic rings. The number of likely N-dealkylation sites (tertiary alicyclic amines) is 1. The molecule has 1 amide bonds. The lowest BCUT2D eigenvalue weighted by atomic mass is 10.0. The third-order valence-corrected chi connectivity index (χ3v) is 2.93. The molecule has 1 unspecified atom stereocenters. The highest BCUT2D eigenvalue weighted by Gasteiger charge is 2.25. The molecule has 86 valence electrons. The number of amides is 1. The van der Waals surface area contributed by atoms with E-state index in [9.17, 15) is 4.79 Å². The Morgan fingerprint density at radius 1 is 1.60 bits per heavy atom. The molecule has 1 atom stereocenters. The molecule has 0 spiro atoms. The molecule has 0 aromatic carbocycles. The van der Waals surface area contributed by atoms with Gasteiger partial charge in [-0.3, -0.25) is 9.69 Å². The molecule has 0 radical (unpaired) electrons. The van der Waals surface area contributed by atoms with E-state index in [1.54, 1.807) is 0 Å². The maximum atomic E-state index is 11.4. The van der Waals surface area contributed by atoms with Gasteiger partial charge < -0.3 is 11.1 Å². The van der Waals surface area contributed by atoms with Gasteiger partial charge in [0.2, 0.25) is 5.91 Å². The zero-order valence-electron chi connectivity index (χ0n) is 9.16. The molecule has 4 nitrogen and oxygen atoms in total. The molecule has 15 heavy (non-hydrogen) atoms. The zero-order valence-corrected chi connectivity index (χ0v) is 9.98. The maximum Gasteiger partial charge on any atom is 0.234 e. The molecule has 1 heterocycles. The van der Waals surface area contributed by atoms with E-state index in [-0.39, 0.29) is 11.9 Å². The predicted octanol–water partition coefficient (Wildman–Crippen LogP) is 0.263. The van der Waals surface area contributed by atoms with Crippen molar-refractivity contribution in [3.63, 3.8) is 0 Å². The summed E-state index contributed by atoms with van der Waals surface area (Å²) in [5.41, 5.74) is 5.67. The Hall–Kier alpha value is -0.680. The van der Waals surface area contributed by atoms with Crippen LogP contribution in [0.15, 0.2) is 0 Å². The fourth-order valence-corrected chi connectivity index (χ4v) is 2.21. The number of nitrogens with zero attached hydrogens (tertiary/aromatic N) is 1. The number of carbonyl (C=O) groups is 1. The molecular formula is C10H19N3OS. The van der Waals surface area contributed by atoms with Gasteiger partial charge in [0, 0.05) is 6.54 Å². The van der Waals surface area contributed by atoms with E-state index in [0.717, 1.165) is 25.8 Å². The summed E-state index contributed by atoms with van der Waals surface area (Å²) in [5, 5.41) is 2.79. The van der Waals surface area contributed by atoms with E-state index in [0.29, 0.717) is 18.1 Å². The monoisotopic (exact) mass is 229 g/mol. The smallest absolute Gasteiger partial charge is 0.234 e. The van der Waals surface area contributed by atoms with Gasteiger partial charge in [0.1, 0.15) is 0 Å². The van der Waals surface area contributed by atoms with Gasteiger partial charge in [-0.25, -0.2) is 0 Å². The molecule has 1 saturated heterocycles. The lowest BCUT2D eigenvalue weighted by Crippen LogP contribution is -2.50. The quantitative estimate of drug-likeness (QED) is 0.679. The summed E-state index contributed by atoms with van der Waals surface area (Å²) in [5.74, 6) is 0.0562. The number of hydrogen-bond acceptors (Lipinski definition) is 3. The van der Waals surface area contributed by atoms with Crippen molar-refractivity contribution in [3.05, 3.63) is 0 Å². The first kappa shape index (κ1) is 12.4. The second-order valence-electron chi connectivity index (χ2n) is 3.84. The van der Waals surface area contributed by atoms with Crippen LogP contribution in [0.4, 0.5) is 0 Å². The van der Waals surface area contributed by atoms with Gasteiger partial charge in [-0.05, 0) is 26.3 Å². The SMILES string of the molecule is CCNC(=O)CN1CCCCC1C(N)=S. The number of thiocarbonyl (C=S) groups is 1. The number of likely N-dealkylation sites (N-methyl/N-ethyl adjacent to an activating group) is 1. The van der Waals surface area contributed by atoms with Crippen LogP contribution in [0.1, 0.15) is 26.2 Å². The van der Waals surface area contributed by atoms with E-state index in [2.05, 4.69) is 10.2 Å².